The average Bonchev–Trinajstić information content (AvgIpc) is 3.05. The SMILES string of the molecule is C/C=C(\CC)C1=NN(c2ccc(NOC)cn2)C(O)(C(F)(F)F)C1.CC.CC. The van der Waals surface area contributed by atoms with Gasteiger partial charge in [0.05, 0.1) is 31.1 Å². The largest absolute Gasteiger partial charge is 0.438 e. The van der Waals surface area contributed by atoms with Crippen molar-refractivity contribution < 1.29 is 23.1 Å². The first-order valence-corrected chi connectivity index (χ1v) is 9.34. The second-order valence-corrected chi connectivity index (χ2v) is 5.23. The van der Waals surface area contributed by atoms with Gasteiger partial charge in [-0.2, -0.15) is 18.3 Å². The molecule has 0 fully saturated rings. The Morgan fingerprint density at radius 3 is 2.32 bits per heavy atom. The second-order valence-electron chi connectivity index (χ2n) is 5.23. The van der Waals surface area contributed by atoms with Crippen molar-refractivity contribution in [3.63, 3.8) is 0 Å². The van der Waals surface area contributed by atoms with E-state index in [9.17, 15) is 18.3 Å². The van der Waals surface area contributed by atoms with Crippen LogP contribution in [0.2, 0.25) is 0 Å². The van der Waals surface area contributed by atoms with Gasteiger partial charge in [-0.15, -0.1) is 0 Å². The molecule has 28 heavy (non-hydrogen) atoms. The first kappa shape index (κ1) is 25.9. The number of halogens is 3. The van der Waals surface area contributed by atoms with Crippen molar-refractivity contribution in [1.29, 1.82) is 0 Å². The number of nitrogens with one attached hydrogen (secondary N) is 1. The number of aliphatic hydroxyl groups is 1. The summed E-state index contributed by atoms with van der Waals surface area (Å²) in [6, 6.07) is 2.80. The summed E-state index contributed by atoms with van der Waals surface area (Å²) in [7, 11) is 1.40. The second kappa shape index (κ2) is 11.7. The number of allylic oxidation sites excluding steroid dienone is 2. The molecule has 1 aromatic rings. The molecule has 9 heteroatoms. The van der Waals surface area contributed by atoms with Crippen LogP contribution in [0.4, 0.5) is 24.7 Å². The van der Waals surface area contributed by atoms with E-state index in [0.717, 1.165) is 0 Å². The zero-order valence-corrected chi connectivity index (χ0v) is 17.6. The van der Waals surface area contributed by atoms with Crippen LogP contribution in [0.3, 0.4) is 0 Å². The third-order valence-electron chi connectivity index (χ3n) is 3.72. The van der Waals surface area contributed by atoms with Crippen molar-refractivity contribution in [1.82, 2.24) is 4.98 Å². The van der Waals surface area contributed by atoms with Crippen LogP contribution >= 0.6 is 0 Å². The Hall–Kier alpha value is -2.13. The maximum Gasteiger partial charge on any atom is 0.438 e. The van der Waals surface area contributed by atoms with Crippen LogP contribution in [0.25, 0.3) is 0 Å². The van der Waals surface area contributed by atoms with Crippen molar-refractivity contribution in [3.05, 3.63) is 30.0 Å². The van der Waals surface area contributed by atoms with Gasteiger partial charge in [-0.25, -0.2) is 9.99 Å². The molecule has 2 N–H and O–H groups in total. The number of hydrogen-bond donors (Lipinski definition) is 2. The maximum absolute atomic E-state index is 13.5. The number of nitrogens with zero attached hydrogens (tertiary/aromatic N) is 3. The van der Waals surface area contributed by atoms with Gasteiger partial charge < -0.3 is 5.11 Å². The Kier molecular flexibility index (Phi) is 10.8. The highest BCUT2D eigenvalue weighted by atomic mass is 19.4. The van der Waals surface area contributed by atoms with Crippen LogP contribution in [0.1, 0.15) is 54.4 Å². The Morgan fingerprint density at radius 2 is 1.93 bits per heavy atom. The molecule has 1 aliphatic heterocycles. The fraction of sp³-hybridized carbons (Fsp3) is 0.579. The van der Waals surface area contributed by atoms with E-state index in [-0.39, 0.29) is 11.5 Å². The van der Waals surface area contributed by atoms with E-state index in [4.69, 9.17) is 4.84 Å². The number of hydrogen-bond acceptors (Lipinski definition) is 6. The molecule has 0 saturated heterocycles. The van der Waals surface area contributed by atoms with Crippen molar-refractivity contribution in [2.75, 3.05) is 17.6 Å². The summed E-state index contributed by atoms with van der Waals surface area (Å²) in [6.45, 7) is 11.5. The normalized spacial score (nSPS) is 19.2. The molecule has 1 aliphatic rings. The van der Waals surface area contributed by atoms with Gasteiger partial charge in [-0.05, 0) is 31.1 Å². The molecule has 0 spiro atoms. The fourth-order valence-electron chi connectivity index (χ4n) is 2.45. The molecule has 1 atom stereocenters. The van der Waals surface area contributed by atoms with Gasteiger partial charge in [-0.1, -0.05) is 40.7 Å². The molecule has 0 amide bonds. The van der Waals surface area contributed by atoms with Crippen LogP contribution in [-0.2, 0) is 4.84 Å². The van der Waals surface area contributed by atoms with Gasteiger partial charge in [-0.3, -0.25) is 10.3 Å². The first-order valence-electron chi connectivity index (χ1n) is 9.34. The predicted octanol–water partition coefficient (Wildman–Crippen LogP) is 5.28. The molecule has 0 aromatic carbocycles. The molecule has 1 unspecified atom stereocenters. The number of pyridine rings is 1. The molecule has 0 saturated carbocycles. The van der Waals surface area contributed by atoms with Crippen molar-refractivity contribution in [2.45, 2.75) is 66.3 Å². The lowest BCUT2D eigenvalue weighted by Crippen LogP contribution is -2.55. The monoisotopic (exact) mass is 404 g/mol. The van der Waals surface area contributed by atoms with Crippen LogP contribution in [0.15, 0.2) is 35.1 Å². The third kappa shape index (κ3) is 5.68. The van der Waals surface area contributed by atoms with E-state index < -0.39 is 18.3 Å². The number of alkyl halides is 3. The standard InChI is InChI=1S/C15H19F3N4O2.2C2H6/c1-4-10(5-2)12-8-14(23,15(16,17)18)22(20-12)13-7-6-11(9-19-13)21-24-3;2*1-2/h4,6-7,9,21,23H,5,8H2,1-3H3;2*1-2H3/b10-4+;;. The summed E-state index contributed by atoms with van der Waals surface area (Å²) in [6.07, 6.45) is -2.04. The molecule has 0 radical (unpaired) electrons. The van der Waals surface area contributed by atoms with Crippen LogP contribution in [-0.4, -0.2) is 34.8 Å². The summed E-state index contributed by atoms with van der Waals surface area (Å²) >= 11 is 0. The molecule has 6 nitrogen and oxygen atoms in total. The number of hydrazone groups is 1. The Labute approximate surface area is 165 Å². The van der Waals surface area contributed by atoms with Gasteiger partial charge in [0.25, 0.3) is 5.72 Å². The third-order valence-corrected chi connectivity index (χ3v) is 3.72. The highest BCUT2D eigenvalue weighted by Gasteiger charge is 2.62. The maximum atomic E-state index is 13.5. The lowest BCUT2D eigenvalue weighted by atomic mass is 9.99. The highest BCUT2D eigenvalue weighted by molar-refractivity contribution is 6.03. The molecule has 0 aliphatic carbocycles. The number of anilines is 2. The number of rotatable bonds is 5. The summed E-state index contributed by atoms with van der Waals surface area (Å²) < 4.78 is 40.4. The number of aromatic nitrogens is 1. The molecular formula is C19H31F3N4O2. The highest BCUT2D eigenvalue weighted by Crippen LogP contribution is 2.43. The Balaban J connectivity index is 0.00000171. The van der Waals surface area contributed by atoms with E-state index in [0.29, 0.717) is 22.7 Å². The first-order chi connectivity index (χ1) is 13.3. The van der Waals surface area contributed by atoms with Crippen molar-refractivity contribution >= 4 is 17.2 Å². The molecule has 2 rings (SSSR count). The Bertz CT molecular complexity index is 646. The zero-order chi connectivity index (χ0) is 22.0. The minimum Gasteiger partial charge on any atom is -0.362 e. The van der Waals surface area contributed by atoms with Gasteiger partial charge in [0.1, 0.15) is 0 Å². The predicted molar refractivity (Wildman–Crippen MR) is 107 cm³/mol. The van der Waals surface area contributed by atoms with E-state index in [1.165, 1.54) is 25.4 Å². The topological polar surface area (TPSA) is 70.0 Å². The molecular weight excluding hydrogens is 373 g/mol. The Morgan fingerprint density at radius 1 is 1.32 bits per heavy atom. The molecule has 0 bridgehead atoms. The zero-order valence-electron chi connectivity index (χ0n) is 17.6. The smallest absolute Gasteiger partial charge is 0.362 e. The quantitative estimate of drug-likeness (QED) is 0.654. The van der Waals surface area contributed by atoms with Crippen LogP contribution < -0.4 is 10.5 Å². The van der Waals surface area contributed by atoms with E-state index in [1.54, 1.807) is 13.0 Å². The average molecular weight is 404 g/mol. The summed E-state index contributed by atoms with van der Waals surface area (Å²) in [5.41, 5.74) is 0.688. The lowest BCUT2D eigenvalue weighted by molar-refractivity contribution is -0.254. The van der Waals surface area contributed by atoms with Crippen LogP contribution in [0, 0.1) is 0 Å². The van der Waals surface area contributed by atoms with Gasteiger partial charge in [0.2, 0.25) is 0 Å². The molecule has 1 aromatic heterocycles. The molecule has 160 valence electrons. The minimum atomic E-state index is -4.89. The van der Waals surface area contributed by atoms with Gasteiger partial charge in [0, 0.05) is 0 Å². The molecule has 2 heterocycles. The van der Waals surface area contributed by atoms with E-state index >= 15 is 0 Å². The van der Waals surface area contributed by atoms with Crippen LogP contribution in [0.5, 0.6) is 0 Å². The van der Waals surface area contributed by atoms with Gasteiger partial charge >= 0.3 is 6.18 Å². The van der Waals surface area contributed by atoms with Gasteiger partial charge in [0.15, 0.2) is 5.82 Å². The lowest BCUT2D eigenvalue weighted by Gasteiger charge is -2.33. The van der Waals surface area contributed by atoms with Crippen molar-refractivity contribution in [3.8, 4) is 0 Å². The van der Waals surface area contributed by atoms with E-state index in [1.807, 2.05) is 34.6 Å². The fourth-order valence-corrected chi connectivity index (χ4v) is 2.45. The van der Waals surface area contributed by atoms with E-state index in [2.05, 4.69) is 15.6 Å². The van der Waals surface area contributed by atoms with Crippen molar-refractivity contribution in [2.24, 2.45) is 5.10 Å². The summed E-state index contributed by atoms with van der Waals surface area (Å²) in [4.78, 5) is 8.63. The summed E-state index contributed by atoms with van der Waals surface area (Å²) in [5, 5.41) is 14.8. The summed E-state index contributed by atoms with van der Waals surface area (Å²) in [5.74, 6) is -0.113. The minimum absolute atomic E-state index is 0.113.